The first-order chi connectivity index (χ1) is 10.3. The van der Waals surface area contributed by atoms with Crippen molar-refractivity contribution in [2.45, 2.75) is 31.6 Å². The summed E-state index contributed by atoms with van der Waals surface area (Å²) in [6, 6.07) is 3.80. The third-order valence-corrected chi connectivity index (χ3v) is 4.38. The Morgan fingerprint density at radius 3 is 3.05 bits per heavy atom. The number of pyridine rings is 1. The Balaban J connectivity index is 1.65. The number of aryl methyl sites for hydroxylation is 1. The molecule has 1 aliphatic carbocycles. The van der Waals surface area contributed by atoms with Crippen molar-refractivity contribution in [2.24, 2.45) is 5.73 Å². The van der Waals surface area contributed by atoms with Gasteiger partial charge in [-0.15, -0.1) is 10.2 Å². The number of carbonyl (C=O) groups excluding carboxylic acids is 1. The second-order valence-corrected chi connectivity index (χ2v) is 6.12. The van der Waals surface area contributed by atoms with Crippen LogP contribution in [0.5, 0.6) is 0 Å². The van der Waals surface area contributed by atoms with Gasteiger partial charge in [0.1, 0.15) is 10.8 Å². The molecule has 2 aromatic rings. The van der Waals surface area contributed by atoms with Crippen LogP contribution in [0.15, 0.2) is 18.3 Å². The van der Waals surface area contributed by atoms with Crippen LogP contribution in [0.2, 0.25) is 0 Å². The highest BCUT2D eigenvalue weighted by molar-refractivity contribution is 7.13. The summed E-state index contributed by atoms with van der Waals surface area (Å²) < 4.78 is 0. The number of hydrogen-bond donors (Lipinski definition) is 2. The Hall–Kier alpha value is -1.86. The number of anilines is 1. The quantitative estimate of drug-likeness (QED) is 0.850. The van der Waals surface area contributed by atoms with Gasteiger partial charge in [-0.2, -0.15) is 0 Å². The lowest BCUT2D eigenvalue weighted by atomic mass is 10.1. The molecular weight excluding hydrogens is 286 g/mol. The number of hydrogen-bond acceptors (Lipinski definition) is 6. The highest BCUT2D eigenvalue weighted by Gasteiger charge is 2.28. The fourth-order valence-corrected chi connectivity index (χ4v) is 2.90. The molecule has 0 unspecified atom stereocenters. The molecule has 0 atom stereocenters. The average molecular weight is 303 g/mol. The monoisotopic (exact) mass is 303 g/mol. The van der Waals surface area contributed by atoms with Crippen LogP contribution in [-0.2, 0) is 6.42 Å². The van der Waals surface area contributed by atoms with Crippen molar-refractivity contribution in [1.82, 2.24) is 15.2 Å². The largest absolute Gasteiger partial charge is 0.330 e. The highest BCUT2D eigenvalue weighted by Crippen LogP contribution is 2.41. The lowest BCUT2D eigenvalue weighted by Crippen LogP contribution is -2.13. The van der Waals surface area contributed by atoms with Crippen molar-refractivity contribution >= 4 is 23.1 Å². The molecule has 6 nitrogen and oxygen atoms in total. The number of carbonyl (C=O) groups is 1. The molecule has 0 saturated heterocycles. The van der Waals surface area contributed by atoms with E-state index in [-0.39, 0.29) is 5.91 Å². The molecule has 7 heteroatoms. The SMILES string of the molecule is NCCCc1ccnc(NC(=O)c2nnc(C3CC3)s2)c1. The van der Waals surface area contributed by atoms with E-state index in [9.17, 15) is 4.79 Å². The summed E-state index contributed by atoms with van der Waals surface area (Å²) >= 11 is 1.37. The molecule has 1 fully saturated rings. The zero-order valence-corrected chi connectivity index (χ0v) is 12.4. The molecule has 1 amide bonds. The fourth-order valence-electron chi connectivity index (χ4n) is 2.00. The van der Waals surface area contributed by atoms with E-state index in [0.29, 0.717) is 23.3 Å². The van der Waals surface area contributed by atoms with Crippen molar-refractivity contribution in [3.63, 3.8) is 0 Å². The Labute approximate surface area is 126 Å². The molecule has 21 heavy (non-hydrogen) atoms. The Morgan fingerprint density at radius 1 is 1.43 bits per heavy atom. The van der Waals surface area contributed by atoms with Crippen LogP contribution in [0.1, 0.15) is 45.6 Å². The third-order valence-electron chi connectivity index (χ3n) is 3.30. The van der Waals surface area contributed by atoms with Gasteiger partial charge >= 0.3 is 0 Å². The first-order valence-corrected chi connectivity index (χ1v) is 7.87. The smallest absolute Gasteiger partial charge is 0.287 e. The van der Waals surface area contributed by atoms with Gasteiger partial charge in [-0.05, 0) is 49.9 Å². The standard InChI is InChI=1S/C14H17N5OS/c15-6-1-2-9-5-7-16-11(8-9)17-12(20)14-19-18-13(21-14)10-3-4-10/h5,7-8,10H,1-4,6,15H2,(H,16,17,20). The van der Waals surface area contributed by atoms with E-state index in [2.05, 4.69) is 20.5 Å². The van der Waals surface area contributed by atoms with Gasteiger partial charge in [-0.3, -0.25) is 4.79 Å². The van der Waals surface area contributed by atoms with Crippen LogP contribution in [0, 0.1) is 0 Å². The van der Waals surface area contributed by atoms with Gasteiger partial charge in [0.25, 0.3) is 5.91 Å². The first kappa shape index (κ1) is 14.1. The highest BCUT2D eigenvalue weighted by atomic mass is 32.1. The Bertz CT molecular complexity index is 638. The van der Waals surface area contributed by atoms with Crippen LogP contribution in [0.25, 0.3) is 0 Å². The molecule has 1 saturated carbocycles. The topological polar surface area (TPSA) is 93.8 Å². The summed E-state index contributed by atoms with van der Waals surface area (Å²) in [6.07, 6.45) is 5.80. The normalized spacial score (nSPS) is 14.1. The van der Waals surface area contributed by atoms with Gasteiger partial charge in [0, 0.05) is 12.1 Å². The van der Waals surface area contributed by atoms with E-state index in [1.165, 1.54) is 11.3 Å². The summed E-state index contributed by atoms with van der Waals surface area (Å²) in [7, 11) is 0. The van der Waals surface area contributed by atoms with Crippen molar-refractivity contribution in [1.29, 1.82) is 0 Å². The van der Waals surface area contributed by atoms with E-state index in [1.807, 2.05) is 12.1 Å². The number of nitrogens with zero attached hydrogens (tertiary/aromatic N) is 3. The second-order valence-electron chi connectivity index (χ2n) is 5.12. The van der Waals surface area contributed by atoms with Crippen molar-refractivity contribution < 1.29 is 4.79 Å². The number of rotatable bonds is 6. The molecule has 0 radical (unpaired) electrons. The Morgan fingerprint density at radius 2 is 2.29 bits per heavy atom. The van der Waals surface area contributed by atoms with Crippen LogP contribution in [0.3, 0.4) is 0 Å². The van der Waals surface area contributed by atoms with Crippen LogP contribution in [0.4, 0.5) is 5.82 Å². The van der Waals surface area contributed by atoms with E-state index in [0.717, 1.165) is 36.3 Å². The summed E-state index contributed by atoms with van der Waals surface area (Å²) in [5.74, 6) is 0.808. The lowest BCUT2D eigenvalue weighted by Gasteiger charge is -2.04. The zero-order chi connectivity index (χ0) is 14.7. The molecule has 3 rings (SSSR count). The van der Waals surface area contributed by atoms with Crippen molar-refractivity contribution in [3.05, 3.63) is 33.9 Å². The summed E-state index contributed by atoms with van der Waals surface area (Å²) in [5, 5.41) is 12.2. The van der Waals surface area contributed by atoms with Gasteiger partial charge in [-0.1, -0.05) is 11.3 Å². The van der Waals surface area contributed by atoms with Gasteiger partial charge in [0.2, 0.25) is 5.01 Å². The summed E-state index contributed by atoms with van der Waals surface area (Å²) in [5.41, 5.74) is 6.62. The third kappa shape index (κ3) is 3.62. The van der Waals surface area contributed by atoms with Gasteiger partial charge in [0.15, 0.2) is 0 Å². The van der Waals surface area contributed by atoms with Gasteiger partial charge < -0.3 is 11.1 Å². The molecular formula is C14H17N5OS. The summed E-state index contributed by atoms with van der Waals surface area (Å²) in [6.45, 7) is 0.652. The average Bonchev–Trinajstić information content (AvgIpc) is 3.22. The van der Waals surface area contributed by atoms with E-state index >= 15 is 0 Å². The summed E-state index contributed by atoms with van der Waals surface area (Å²) in [4.78, 5) is 16.3. The molecule has 110 valence electrons. The number of nitrogens with one attached hydrogen (secondary N) is 1. The number of amides is 1. The van der Waals surface area contributed by atoms with Gasteiger partial charge in [0.05, 0.1) is 0 Å². The maximum absolute atomic E-state index is 12.1. The molecule has 0 spiro atoms. The van der Waals surface area contributed by atoms with Crippen LogP contribution < -0.4 is 11.1 Å². The Kier molecular flexibility index (Phi) is 4.21. The minimum absolute atomic E-state index is 0.247. The first-order valence-electron chi connectivity index (χ1n) is 7.06. The molecule has 2 aromatic heterocycles. The van der Waals surface area contributed by atoms with E-state index in [1.54, 1.807) is 6.20 Å². The number of nitrogens with two attached hydrogens (primary N) is 1. The maximum Gasteiger partial charge on any atom is 0.287 e. The minimum Gasteiger partial charge on any atom is -0.330 e. The van der Waals surface area contributed by atoms with Crippen molar-refractivity contribution in [3.8, 4) is 0 Å². The fraction of sp³-hybridized carbons (Fsp3) is 0.429. The molecule has 2 heterocycles. The van der Waals surface area contributed by atoms with Crippen LogP contribution >= 0.6 is 11.3 Å². The van der Waals surface area contributed by atoms with E-state index < -0.39 is 0 Å². The second kappa shape index (κ2) is 6.28. The minimum atomic E-state index is -0.247. The molecule has 1 aliphatic rings. The number of aromatic nitrogens is 3. The van der Waals surface area contributed by atoms with Crippen LogP contribution in [-0.4, -0.2) is 27.6 Å². The molecule has 0 aliphatic heterocycles. The predicted octanol–water partition coefficient (Wildman–Crippen LogP) is 1.95. The van der Waals surface area contributed by atoms with Gasteiger partial charge in [-0.25, -0.2) is 4.98 Å². The predicted molar refractivity (Wildman–Crippen MR) is 81.4 cm³/mol. The lowest BCUT2D eigenvalue weighted by molar-refractivity contribution is 0.102. The molecule has 0 aromatic carbocycles. The van der Waals surface area contributed by atoms with Crippen molar-refractivity contribution in [2.75, 3.05) is 11.9 Å². The van der Waals surface area contributed by atoms with E-state index in [4.69, 9.17) is 5.73 Å². The molecule has 0 bridgehead atoms. The maximum atomic E-state index is 12.1. The zero-order valence-electron chi connectivity index (χ0n) is 11.6. The molecule has 3 N–H and O–H groups in total.